The number of aromatic nitrogens is 1. The third kappa shape index (κ3) is 2.35. The molecule has 0 bridgehead atoms. The largest absolute Gasteiger partial charge is 0.409 e. The molecule has 1 aromatic rings. The third-order valence-corrected chi connectivity index (χ3v) is 4.06. The number of amidine groups is 1. The van der Waals surface area contributed by atoms with Crippen LogP contribution >= 0.6 is 0 Å². The van der Waals surface area contributed by atoms with E-state index in [1.807, 2.05) is 12.1 Å². The van der Waals surface area contributed by atoms with Gasteiger partial charge in [-0.25, -0.2) is 4.98 Å². The lowest BCUT2D eigenvalue weighted by Crippen LogP contribution is -2.50. The van der Waals surface area contributed by atoms with E-state index in [-0.39, 0.29) is 5.84 Å². The number of oxime groups is 1. The van der Waals surface area contributed by atoms with Crippen molar-refractivity contribution in [3.8, 4) is 0 Å². The van der Waals surface area contributed by atoms with Gasteiger partial charge in [0.15, 0.2) is 5.84 Å². The van der Waals surface area contributed by atoms with E-state index in [0.29, 0.717) is 11.6 Å². The highest BCUT2D eigenvalue weighted by atomic mass is 16.4. The van der Waals surface area contributed by atoms with Gasteiger partial charge in [-0.15, -0.1) is 0 Å². The van der Waals surface area contributed by atoms with Crippen molar-refractivity contribution < 1.29 is 5.21 Å². The van der Waals surface area contributed by atoms with Crippen LogP contribution in [0.25, 0.3) is 0 Å². The van der Waals surface area contributed by atoms with Crippen molar-refractivity contribution in [2.45, 2.75) is 18.9 Å². The van der Waals surface area contributed by atoms with Gasteiger partial charge in [0, 0.05) is 37.4 Å². The first kappa shape index (κ1) is 12.2. The molecule has 0 aromatic carbocycles. The number of nitrogens with two attached hydrogens (primary N) is 1. The SMILES string of the molecule is NC(=NO)c1ccc(N2CCN3CCCC3C2)nc1. The first-order valence-corrected chi connectivity index (χ1v) is 6.71. The van der Waals surface area contributed by atoms with E-state index in [2.05, 4.69) is 19.9 Å². The van der Waals surface area contributed by atoms with Gasteiger partial charge in [-0.2, -0.15) is 0 Å². The summed E-state index contributed by atoms with van der Waals surface area (Å²) in [6, 6.07) is 4.47. The molecule has 2 aliphatic rings. The van der Waals surface area contributed by atoms with Crippen molar-refractivity contribution >= 4 is 11.7 Å². The lowest BCUT2D eigenvalue weighted by molar-refractivity contribution is 0.230. The molecule has 0 spiro atoms. The normalized spacial score (nSPS) is 24.5. The molecule has 3 heterocycles. The number of nitrogens with zero attached hydrogens (tertiary/aromatic N) is 4. The van der Waals surface area contributed by atoms with Crippen LogP contribution in [0.5, 0.6) is 0 Å². The van der Waals surface area contributed by atoms with Crippen molar-refractivity contribution in [2.24, 2.45) is 10.9 Å². The quantitative estimate of drug-likeness (QED) is 0.350. The van der Waals surface area contributed by atoms with Crippen molar-refractivity contribution in [1.29, 1.82) is 0 Å². The van der Waals surface area contributed by atoms with Crippen LogP contribution in [0.15, 0.2) is 23.5 Å². The predicted molar refractivity (Wildman–Crippen MR) is 73.6 cm³/mol. The molecule has 102 valence electrons. The molecule has 0 aliphatic carbocycles. The summed E-state index contributed by atoms with van der Waals surface area (Å²) in [5.41, 5.74) is 6.18. The molecule has 0 saturated carbocycles. The fourth-order valence-corrected chi connectivity index (χ4v) is 2.98. The number of hydrogen-bond acceptors (Lipinski definition) is 5. The zero-order valence-electron chi connectivity index (χ0n) is 10.9. The summed E-state index contributed by atoms with van der Waals surface area (Å²) in [6.07, 6.45) is 4.26. The Bertz CT molecular complexity index is 472. The van der Waals surface area contributed by atoms with E-state index < -0.39 is 0 Å². The summed E-state index contributed by atoms with van der Waals surface area (Å²) in [5.74, 6) is 1.07. The van der Waals surface area contributed by atoms with Crippen LogP contribution in [0.3, 0.4) is 0 Å². The first-order chi connectivity index (χ1) is 9.28. The van der Waals surface area contributed by atoms with Gasteiger partial charge in [0.05, 0.1) is 0 Å². The van der Waals surface area contributed by atoms with Crippen molar-refractivity contribution in [3.05, 3.63) is 23.9 Å². The summed E-state index contributed by atoms with van der Waals surface area (Å²) in [4.78, 5) is 9.31. The van der Waals surface area contributed by atoms with Gasteiger partial charge in [0.2, 0.25) is 0 Å². The summed E-state index contributed by atoms with van der Waals surface area (Å²) in [6.45, 7) is 4.44. The van der Waals surface area contributed by atoms with Crippen LogP contribution in [0, 0.1) is 0 Å². The Morgan fingerprint density at radius 3 is 3.00 bits per heavy atom. The molecule has 2 aliphatic heterocycles. The van der Waals surface area contributed by atoms with E-state index >= 15 is 0 Å². The molecule has 1 atom stereocenters. The van der Waals surface area contributed by atoms with E-state index in [1.165, 1.54) is 19.4 Å². The number of piperazine rings is 1. The van der Waals surface area contributed by atoms with Gasteiger partial charge < -0.3 is 15.8 Å². The Morgan fingerprint density at radius 2 is 2.26 bits per heavy atom. The van der Waals surface area contributed by atoms with Crippen LogP contribution in [-0.4, -0.2) is 53.1 Å². The fourth-order valence-electron chi connectivity index (χ4n) is 2.98. The standard InChI is InChI=1S/C13H19N5O/c14-13(16-19)10-3-4-12(15-8-10)18-7-6-17-5-1-2-11(17)9-18/h3-4,8,11,19H,1-2,5-7,9H2,(H2,14,16). The van der Waals surface area contributed by atoms with Gasteiger partial charge in [-0.05, 0) is 31.5 Å². The first-order valence-electron chi connectivity index (χ1n) is 6.71. The van der Waals surface area contributed by atoms with Gasteiger partial charge in [-0.1, -0.05) is 5.16 Å². The number of rotatable bonds is 2. The van der Waals surface area contributed by atoms with Crippen molar-refractivity contribution in [2.75, 3.05) is 31.1 Å². The molecule has 1 aromatic heterocycles. The average molecular weight is 261 g/mol. The smallest absolute Gasteiger partial charge is 0.171 e. The Hall–Kier alpha value is -1.82. The second kappa shape index (κ2) is 5.05. The van der Waals surface area contributed by atoms with E-state index in [4.69, 9.17) is 10.9 Å². The molecule has 0 radical (unpaired) electrons. The number of fused-ring (bicyclic) bond motifs is 1. The summed E-state index contributed by atoms with van der Waals surface area (Å²) >= 11 is 0. The van der Waals surface area contributed by atoms with E-state index in [9.17, 15) is 0 Å². The molecule has 2 fully saturated rings. The van der Waals surface area contributed by atoms with Crippen LogP contribution in [0.4, 0.5) is 5.82 Å². The molecule has 2 saturated heterocycles. The van der Waals surface area contributed by atoms with Crippen molar-refractivity contribution in [1.82, 2.24) is 9.88 Å². The Morgan fingerprint density at radius 1 is 1.37 bits per heavy atom. The Kier molecular flexibility index (Phi) is 3.25. The van der Waals surface area contributed by atoms with Crippen molar-refractivity contribution in [3.63, 3.8) is 0 Å². The van der Waals surface area contributed by atoms with E-state index in [0.717, 1.165) is 25.5 Å². The highest BCUT2D eigenvalue weighted by Gasteiger charge is 2.30. The Labute approximate surface area is 112 Å². The Balaban J connectivity index is 1.72. The second-order valence-corrected chi connectivity index (χ2v) is 5.17. The fraction of sp³-hybridized carbons (Fsp3) is 0.538. The lowest BCUT2D eigenvalue weighted by Gasteiger charge is -2.38. The minimum atomic E-state index is 0.0969. The maximum absolute atomic E-state index is 8.63. The monoisotopic (exact) mass is 261 g/mol. The maximum Gasteiger partial charge on any atom is 0.171 e. The average Bonchev–Trinajstić information content (AvgIpc) is 2.94. The molecule has 6 nitrogen and oxygen atoms in total. The molecule has 3 rings (SSSR count). The molecule has 1 unspecified atom stereocenters. The van der Waals surface area contributed by atoms with Crippen LogP contribution < -0.4 is 10.6 Å². The number of pyridine rings is 1. The summed E-state index contributed by atoms with van der Waals surface area (Å²) in [5, 5.41) is 11.6. The topological polar surface area (TPSA) is 78.0 Å². The van der Waals surface area contributed by atoms with Gasteiger partial charge >= 0.3 is 0 Å². The molecule has 6 heteroatoms. The van der Waals surface area contributed by atoms with E-state index in [1.54, 1.807) is 6.20 Å². The molecule has 19 heavy (non-hydrogen) atoms. The maximum atomic E-state index is 8.63. The van der Waals surface area contributed by atoms with Crippen LogP contribution in [0.2, 0.25) is 0 Å². The third-order valence-electron chi connectivity index (χ3n) is 4.06. The molecular formula is C13H19N5O. The lowest BCUT2D eigenvalue weighted by atomic mass is 10.1. The van der Waals surface area contributed by atoms with Gasteiger partial charge in [0.25, 0.3) is 0 Å². The zero-order valence-corrected chi connectivity index (χ0v) is 10.9. The molecular weight excluding hydrogens is 242 g/mol. The second-order valence-electron chi connectivity index (χ2n) is 5.17. The van der Waals surface area contributed by atoms with Crippen LogP contribution in [-0.2, 0) is 0 Å². The zero-order chi connectivity index (χ0) is 13.2. The molecule has 0 amide bonds. The highest BCUT2D eigenvalue weighted by Crippen LogP contribution is 2.24. The number of hydrogen-bond donors (Lipinski definition) is 2. The van der Waals surface area contributed by atoms with Gasteiger partial charge in [0.1, 0.15) is 5.82 Å². The predicted octanol–water partition coefficient (Wildman–Crippen LogP) is 0.461. The molecule has 3 N–H and O–H groups in total. The van der Waals surface area contributed by atoms with Gasteiger partial charge in [-0.3, -0.25) is 4.90 Å². The highest BCUT2D eigenvalue weighted by molar-refractivity contribution is 5.96. The minimum Gasteiger partial charge on any atom is -0.409 e. The van der Waals surface area contributed by atoms with Crippen LogP contribution in [0.1, 0.15) is 18.4 Å². The summed E-state index contributed by atoms with van der Waals surface area (Å²) in [7, 11) is 0. The number of anilines is 1. The summed E-state index contributed by atoms with van der Waals surface area (Å²) < 4.78 is 0. The minimum absolute atomic E-state index is 0.0969.